The number of anilines is 1. The first-order valence-electron chi connectivity index (χ1n) is 5.80. The zero-order valence-corrected chi connectivity index (χ0v) is 10.3. The maximum Gasteiger partial charge on any atom is 0.274 e. The molecule has 1 unspecified atom stereocenters. The van der Waals surface area contributed by atoms with E-state index >= 15 is 0 Å². The van der Waals surface area contributed by atoms with Gasteiger partial charge in [0.25, 0.3) is 5.69 Å². The fourth-order valence-electron chi connectivity index (χ4n) is 1.98. The molecule has 2 N–H and O–H groups in total. The Morgan fingerprint density at radius 3 is 2.84 bits per heavy atom. The monoisotopic (exact) mass is 263 g/mol. The van der Waals surface area contributed by atoms with E-state index in [1.165, 1.54) is 12.1 Å². The fourth-order valence-corrected chi connectivity index (χ4v) is 1.98. The van der Waals surface area contributed by atoms with Crippen molar-refractivity contribution in [2.75, 3.05) is 11.9 Å². The minimum Gasteiger partial charge on any atom is -0.355 e. The molecule has 7 nitrogen and oxygen atoms in total. The van der Waals surface area contributed by atoms with E-state index in [1.54, 1.807) is 13.0 Å². The second-order valence-corrected chi connectivity index (χ2v) is 4.40. The number of benzene rings is 1. The molecular weight excluding hydrogens is 250 g/mol. The van der Waals surface area contributed by atoms with E-state index in [1.807, 2.05) is 0 Å². The molecule has 1 aromatic carbocycles. The van der Waals surface area contributed by atoms with E-state index in [-0.39, 0.29) is 23.9 Å². The van der Waals surface area contributed by atoms with Crippen molar-refractivity contribution < 1.29 is 14.5 Å². The van der Waals surface area contributed by atoms with Crippen molar-refractivity contribution in [1.82, 2.24) is 5.32 Å². The average Bonchev–Trinajstić information content (AvgIpc) is 2.78. The smallest absolute Gasteiger partial charge is 0.274 e. The maximum atomic E-state index is 11.9. The van der Waals surface area contributed by atoms with E-state index in [2.05, 4.69) is 10.6 Å². The second kappa shape index (κ2) is 5.05. The topological polar surface area (TPSA) is 101 Å². The third kappa shape index (κ3) is 2.70. The molecule has 1 saturated heterocycles. The van der Waals surface area contributed by atoms with Crippen molar-refractivity contribution in [2.45, 2.75) is 13.3 Å². The first kappa shape index (κ1) is 13.0. The Morgan fingerprint density at radius 2 is 2.26 bits per heavy atom. The van der Waals surface area contributed by atoms with Crippen LogP contribution in [0.25, 0.3) is 0 Å². The van der Waals surface area contributed by atoms with Crippen LogP contribution in [0.2, 0.25) is 0 Å². The molecule has 1 atom stereocenters. The lowest BCUT2D eigenvalue weighted by Gasteiger charge is -2.11. The van der Waals surface area contributed by atoms with Gasteiger partial charge in [0.05, 0.1) is 22.1 Å². The van der Waals surface area contributed by atoms with Crippen LogP contribution >= 0.6 is 0 Å². The third-order valence-electron chi connectivity index (χ3n) is 3.11. The van der Waals surface area contributed by atoms with Crippen LogP contribution in [0.1, 0.15) is 12.0 Å². The number of rotatable bonds is 3. The fraction of sp³-hybridized carbons (Fsp3) is 0.333. The molecule has 0 radical (unpaired) electrons. The minimum absolute atomic E-state index is 0.0431. The van der Waals surface area contributed by atoms with Crippen molar-refractivity contribution in [2.24, 2.45) is 5.92 Å². The largest absolute Gasteiger partial charge is 0.355 e. The molecule has 0 aromatic heterocycles. The lowest BCUT2D eigenvalue weighted by atomic mass is 10.1. The Kier molecular flexibility index (Phi) is 3.46. The third-order valence-corrected chi connectivity index (χ3v) is 3.11. The quantitative estimate of drug-likeness (QED) is 0.626. The highest BCUT2D eigenvalue weighted by Crippen LogP contribution is 2.25. The van der Waals surface area contributed by atoms with Crippen LogP contribution in [0.15, 0.2) is 18.2 Å². The van der Waals surface area contributed by atoms with Gasteiger partial charge in [-0.3, -0.25) is 19.7 Å². The molecule has 0 saturated carbocycles. The van der Waals surface area contributed by atoms with Gasteiger partial charge in [0.15, 0.2) is 0 Å². The zero-order chi connectivity index (χ0) is 14.0. The van der Waals surface area contributed by atoms with Gasteiger partial charge in [0, 0.05) is 19.0 Å². The Bertz CT molecular complexity index is 556. The molecule has 0 aliphatic carbocycles. The van der Waals surface area contributed by atoms with Gasteiger partial charge in [-0.2, -0.15) is 0 Å². The average molecular weight is 263 g/mol. The Morgan fingerprint density at radius 1 is 1.53 bits per heavy atom. The van der Waals surface area contributed by atoms with Crippen molar-refractivity contribution in [1.29, 1.82) is 0 Å². The molecule has 0 bridgehead atoms. The standard InChI is InChI=1S/C12H13N3O4/c1-7-9(3-2-4-10(7)15(18)19)14-12(17)8-5-11(16)13-6-8/h2-4,8H,5-6H2,1H3,(H,13,16)(H,14,17). The van der Waals surface area contributed by atoms with Crippen molar-refractivity contribution in [3.8, 4) is 0 Å². The first-order valence-corrected chi connectivity index (χ1v) is 5.80. The molecule has 1 heterocycles. The number of carbonyl (C=O) groups is 2. The first-order chi connectivity index (χ1) is 8.99. The molecule has 19 heavy (non-hydrogen) atoms. The van der Waals surface area contributed by atoms with Crippen LogP contribution in [0, 0.1) is 23.0 Å². The molecule has 1 aliphatic heterocycles. The van der Waals surface area contributed by atoms with E-state index in [9.17, 15) is 19.7 Å². The lowest BCUT2D eigenvalue weighted by molar-refractivity contribution is -0.385. The van der Waals surface area contributed by atoms with Crippen molar-refractivity contribution >= 4 is 23.2 Å². The van der Waals surface area contributed by atoms with Crippen LogP contribution in [0.5, 0.6) is 0 Å². The summed E-state index contributed by atoms with van der Waals surface area (Å²) in [6.07, 6.45) is 0.153. The Balaban J connectivity index is 2.15. The molecule has 100 valence electrons. The van der Waals surface area contributed by atoms with E-state index in [0.29, 0.717) is 17.8 Å². The number of nitrogens with one attached hydrogen (secondary N) is 2. The molecule has 1 fully saturated rings. The summed E-state index contributed by atoms with van der Waals surface area (Å²) in [6, 6.07) is 4.49. The van der Waals surface area contributed by atoms with Crippen LogP contribution in [0.4, 0.5) is 11.4 Å². The number of amides is 2. The van der Waals surface area contributed by atoms with Gasteiger partial charge in [-0.25, -0.2) is 0 Å². The molecule has 2 rings (SSSR count). The molecule has 7 heteroatoms. The molecule has 0 spiro atoms. The molecule has 1 aromatic rings. The molecule has 1 aliphatic rings. The van der Waals surface area contributed by atoms with Crippen molar-refractivity contribution in [3.05, 3.63) is 33.9 Å². The minimum atomic E-state index is -0.494. The van der Waals surface area contributed by atoms with Crippen LogP contribution < -0.4 is 10.6 Å². The van der Waals surface area contributed by atoms with Gasteiger partial charge < -0.3 is 10.6 Å². The maximum absolute atomic E-state index is 11.9. The summed E-state index contributed by atoms with van der Waals surface area (Å²) >= 11 is 0. The normalized spacial score (nSPS) is 17.9. The van der Waals surface area contributed by atoms with Crippen LogP contribution in [0.3, 0.4) is 0 Å². The number of nitrogens with zero attached hydrogens (tertiary/aromatic N) is 1. The van der Waals surface area contributed by atoms with Crippen LogP contribution in [-0.2, 0) is 9.59 Å². The summed E-state index contributed by atoms with van der Waals surface area (Å²) in [5.74, 6) is -0.885. The Hall–Kier alpha value is -2.44. The SMILES string of the molecule is Cc1c(NC(=O)C2CNC(=O)C2)cccc1[N+](=O)[O-]. The second-order valence-electron chi connectivity index (χ2n) is 4.40. The van der Waals surface area contributed by atoms with Gasteiger partial charge >= 0.3 is 0 Å². The van der Waals surface area contributed by atoms with E-state index in [0.717, 1.165) is 0 Å². The number of hydrogen-bond acceptors (Lipinski definition) is 4. The molecular formula is C12H13N3O4. The van der Waals surface area contributed by atoms with Gasteiger partial charge in [-0.05, 0) is 13.0 Å². The van der Waals surface area contributed by atoms with Crippen LogP contribution in [-0.4, -0.2) is 23.3 Å². The highest BCUT2D eigenvalue weighted by Gasteiger charge is 2.28. The predicted octanol–water partition coefficient (Wildman–Crippen LogP) is 0.978. The molecule has 2 amide bonds. The number of nitro benzene ring substituents is 1. The van der Waals surface area contributed by atoms with E-state index < -0.39 is 10.8 Å². The number of carbonyl (C=O) groups excluding carboxylic acids is 2. The highest BCUT2D eigenvalue weighted by atomic mass is 16.6. The summed E-state index contributed by atoms with van der Waals surface area (Å²) in [6.45, 7) is 1.88. The summed E-state index contributed by atoms with van der Waals surface area (Å²) in [5.41, 5.74) is 0.759. The number of hydrogen-bond donors (Lipinski definition) is 2. The van der Waals surface area contributed by atoms with Gasteiger partial charge in [0.1, 0.15) is 0 Å². The summed E-state index contributed by atoms with van der Waals surface area (Å²) in [4.78, 5) is 33.3. The zero-order valence-electron chi connectivity index (χ0n) is 10.3. The van der Waals surface area contributed by atoms with Crippen molar-refractivity contribution in [3.63, 3.8) is 0 Å². The summed E-state index contributed by atoms with van der Waals surface area (Å²) < 4.78 is 0. The lowest BCUT2D eigenvalue weighted by Crippen LogP contribution is -2.25. The number of nitro groups is 1. The Labute approximate surface area is 109 Å². The predicted molar refractivity (Wildman–Crippen MR) is 67.6 cm³/mol. The van der Waals surface area contributed by atoms with E-state index in [4.69, 9.17) is 0 Å². The van der Waals surface area contributed by atoms with Gasteiger partial charge in [-0.1, -0.05) is 6.07 Å². The summed E-state index contributed by atoms with van der Waals surface area (Å²) in [5, 5.41) is 16.0. The van der Waals surface area contributed by atoms with Gasteiger partial charge in [-0.15, -0.1) is 0 Å². The highest BCUT2D eigenvalue weighted by molar-refractivity contribution is 5.97. The van der Waals surface area contributed by atoms with Gasteiger partial charge in [0.2, 0.25) is 11.8 Å². The summed E-state index contributed by atoms with van der Waals surface area (Å²) in [7, 11) is 0.